The zero-order valence-corrected chi connectivity index (χ0v) is 26.9. The molecule has 2 amide bonds. The van der Waals surface area contributed by atoms with Crippen LogP contribution in [-0.4, -0.2) is 44.3 Å². The number of benzene rings is 4. The molecule has 1 atom stereocenters. The first-order chi connectivity index (χ1) is 21.0. The molecule has 44 heavy (non-hydrogen) atoms. The molecule has 8 heteroatoms. The Kier molecular flexibility index (Phi) is 10.6. The van der Waals surface area contributed by atoms with Gasteiger partial charge in [-0.2, -0.15) is 0 Å². The molecule has 0 aromatic heterocycles. The van der Waals surface area contributed by atoms with E-state index in [1.807, 2.05) is 101 Å². The Bertz CT molecular complexity index is 1700. The zero-order valence-electron chi connectivity index (χ0n) is 26.1. The van der Waals surface area contributed by atoms with Crippen LogP contribution in [0.15, 0.2) is 102 Å². The molecule has 0 aliphatic carbocycles. The van der Waals surface area contributed by atoms with Crippen molar-refractivity contribution < 1.29 is 18.0 Å². The second kappa shape index (κ2) is 14.4. The van der Waals surface area contributed by atoms with E-state index in [0.29, 0.717) is 12.2 Å². The molecule has 0 radical (unpaired) electrons. The lowest BCUT2D eigenvalue weighted by Crippen LogP contribution is -2.53. The molecule has 0 aliphatic heterocycles. The second-order valence-electron chi connectivity index (χ2n) is 11.2. The fourth-order valence-electron chi connectivity index (χ4n) is 5.29. The summed E-state index contributed by atoms with van der Waals surface area (Å²) in [7, 11) is -4.14. The van der Waals surface area contributed by atoms with Crippen LogP contribution in [0.1, 0.15) is 40.3 Å². The van der Waals surface area contributed by atoms with Crippen LogP contribution in [0.3, 0.4) is 0 Å². The van der Waals surface area contributed by atoms with E-state index < -0.39 is 28.5 Å². The van der Waals surface area contributed by atoms with Crippen molar-refractivity contribution in [2.45, 2.75) is 58.5 Å². The molecular weight excluding hydrogens is 570 g/mol. The van der Waals surface area contributed by atoms with Gasteiger partial charge in [0.2, 0.25) is 11.8 Å². The third kappa shape index (κ3) is 7.94. The molecule has 0 aliphatic rings. The largest absolute Gasteiger partial charge is 0.355 e. The number of hydrogen-bond donors (Lipinski definition) is 1. The number of carbonyl (C=O) groups is 2. The van der Waals surface area contributed by atoms with Crippen molar-refractivity contribution in [3.8, 4) is 0 Å². The molecule has 1 N–H and O–H groups in total. The number of sulfonamides is 1. The Morgan fingerprint density at radius 2 is 1.39 bits per heavy atom. The third-order valence-corrected chi connectivity index (χ3v) is 9.34. The number of anilines is 1. The maximum atomic E-state index is 14.5. The van der Waals surface area contributed by atoms with Crippen molar-refractivity contribution in [3.63, 3.8) is 0 Å². The van der Waals surface area contributed by atoms with Gasteiger partial charge >= 0.3 is 0 Å². The summed E-state index contributed by atoms with van der Waals surface area (Å²) < 4.78 is 29.6. The van der Waals surface area contributed by atoms with Gasteiger partial charge in [-0.25, -0.2) is 8.42 Å². The fourth-order valence-corrected chi connectivity index (χ4v) is 6.77. The predicted octanol–water partition coefficient (Wildman–Crippen LogP) is 5.89. The average Bonchev–Trinajstić information content (AvgIpc) is 2.99. The van der Waals surface area contributed by atoms with Gasteiger partial charge in [0.05, 0.1) is 10.6 Å². The van der Waals surface area contributed by atoms with Crippen LogP contribution in [0, 0.1) is 27.7 Å². The van der Waals surface area contributed by atoms with E-state index >= 15 is 0 Å². The number of likely N-dealkylation sites (N-methyl/N-ethyl adjacent to an activating group) is 1. The predicted molar refractivity (Wildman–Crippen MR) is 176 cm³/mol. The average molecular weight is 612 g/mol. The number of nitrogens with zero attached hydrogens (tertiary/aromatic N) is 2. The first-order valence-corrected chi connectivity index (χ1v) is 16.3. The van der Waals surface area contributed by atoms with Crippen LogP contribution in [0.5, 0.6) is 0 Å². The maximum absolute atomic E-state index is 14.5. The van der Waals surface area contributed by atoms with Crippen LogP contribution in [0.25, 0.3) is 0 Å². The van der Waals surface area contributed by atoms with Gasteiger partial charge in [0.1, 0.15) is 12.6 Å². The summed E-state index contributed by atoms with van der Waals surface area (Å²) in [5, 5.41) is 2.90. The number of aryl methyl sites for hydroxylation is 4. The summed E-state index contributed by atoms with van der Waals surface area (Å²) in [4.78, 5) is 29.7. The van der Waals surface area contributed by atoms with E-state index in [4.69, 9.17) is 0 Å². The Morgan fingerprint density at radius 3 is 2.02 bits per heavy atom. The van der Waals surface area contributed by atoms with Gasteiger partial charge in [-0.15, -0.1) is 0 Å². The third-order valence-electron chi connectivity index (χ3n) is 7.57. The summed E-state index contributed by atoms with van der Waals surface area (Å²) in [6, 6.07) is 28.5. The summed E-state index contributed by atoms with van der Waals surface area (Å²) in [5.74, 6) is -0.772. The highest BCUT2D eigenvalue weighted by Crippen LogP contribution is 2.29. The highest BCUT2D eigenvalue weighted by Gasteiger charge is 2.35. The molecule has 0 heterocycles. The van der Waals surface area contributed by atoms with Crippen molar-refractivity contribution in [1.29, 1.82) is 0 Å². The van der Waals surface area contributed by atoms with Crippen molar-refractivity contribution in [1.82, 2.24) is 10.2 Å². The molecule has 0 unspecified atom stereocenters. The molecule has 4 aromatic carbocycles. The molecule has 4 aromatic rings. The molecule has 0 bridgehead atoms. The van der Waals surface area contributed by atoms with Crippen LogP contribution < -0.4 is 9.62 Å². The molecule has 0 fully saturated rings. The quantitative estimate of drug-likeness (QED) is 0.216. The summed E-state index contributed by atoms with van der Waals surface area (Å²) in [6.07, 6.45) is 0.276. The minimum Gasteiger partial charge on any atom is -0.355 e. The number of hydrogen-bond acceptors (Lipinski definition) is 4. The van der Waals surface area contributed by atoms with Crippen LogP contribution in [0.2, 0.25) is 0 Å². The lowest BCUT2D eigenvalue weighted by molar-refractivity contribution is -0.140. The van der Waals surface area contributed by atoms with Gasteiger partial charge in [-0.3, -0.25) is 13.9 Å². The molecule has 7 nitrogen and oxygen atoms in total. The highest BCUT2D eigenvalue weighted by molar-refractivity contribution is 7.92. The van der Waals surface area contributed by atoms with E-state index in [0.717, 1.165) is 33.4 Å². The van der Waals surface area contributed by atoms with E-state index in [1.165, 1.54) is 9.21 Å². The highest BCUT2D eigenvalue weighted by atomic mass is 32.2. The van der Waals surface area contributed by atoms with Gasteiger partial charge in [0.25, 0.3) is 10.0 Å². The standard InChI is InChI=1S/C36H41N3O4S/c1-6-37-36(41)34(23-30-12-8-7-9-13-30)38(24-31-14-10-11-27(3)22-31)35(40)25-39(33-20-17-28(4)21-29(33)5)44(42,43)32-18-15-26(2)16-19-32/h7-22,34H,6,23-25H2,1-5H3,(H,37,41)/t34-/m0/s1. The van der Waals surface area contributed by atoms with Crippen molar-refractivity contribution >= 4 is 27.5 Å². The van der Waals surface area contributed by atoms with E-state index in [9.17, 15) is 18.0 Å². The minimum absolute atomic E-state index is 0.0886. The molecule has 0 saturated carbocycles. The number of carbonyl (C=O) groups excluding carboxylic acids is 2. The van der Waals surface area contributed by atoms with Crippen molar-refractivity contribution in [2.24, 2.45) is 0 Å². The van der Waals surface area contributed by atoms with Crippen LogP contribution >= 0.6 is 0 Å². The normalized spacial score (nSPS) is 11.9. The summed E-state index contributed by atoms with van der Waals surface area (Å²) in [5.41, 5.74) is 5.80. The monoisotopic (exact) mass is 611 g/mol. The van der Waals surface area contributed by atoms with Gasteiger partial charge in [0.15, 0.2) is 0 Å². The SMILES string of the molecule is CCNC(=O)[C@H](Cc1ccccc1)N(Cc1cccc(C)c1)C(=O)CN(c1ccc(C)cc1C)S(=O)(=O)c1ccc(C)cc1. The van der Waals surface area contributed by atoms with Crippen LogP contribution in [-0.2, 0) is 32.6 Å². The lowest BCUT2D eigenvalue weighted by Gasteiger charge is -2.34. The molecule has 0 spiro atoms. The van der Waals surface area contributed by atoms with Gasteiger partial charge < -0.3 is 10.2 Å². The first kappa shape index (κ1) is 32.5. The number of rotatable bonds is 12. The van der Waals surface area contributed by atoms with E-state index in [1.54, 1.807) is 30.3 Å². The second-order valence-corrected chi connectivity index (χ2v) is 13.1. The Labute approximate surface area is 261 Å². The van der Waals surface area contributed by atoms with Crippen LogP contribution in [0.4, 0.5) is 5.69 Å². The topological polar surface area (TPSA) is 86.8 Å². The van der Waals surface area contributed by atoms with Gasteiger partial charge in [-0.05, 0) is 69.5 Å². The number of amides is 2. The molecular formula is C36H41N3O4S. The van der Waals surface area contributed by atoms with E-state index in [2.05, 4.69) is 5.32 Å². The maximum Gasteiger partial charge on any atom is 0.264 e. The molecule has 230 valence electrons. The van der Waals surface area contributed by atoms with E-state index in [-0.39, 0.29) is 23.8 Å². The van der Waals surface area contributed by atoms with Crippen molar-refractivity contribution in [3.05, 3.63) is 130 Å². The fraction of sp³-hybridized carbons (Fsp3) is 0.278. The molecule has 0 saturated heterocycles. The lowest BCUT2D eigenvalue weighted by atomic mass is 10.0. The smallest absolute Gasteiger partial charge is 0.264 e. The Hall–Kier alpha value is -4.43. The van der Waals surface area contributed by atoms with Gasteiger partial charge in [0, 0.05) is 19.5 Å². The molecule has 4 rings (SSSR count). The van der Waals surface area contributed by atoms with Gasteiger partial charge in [-0.1, -0.05) is 95.6 Å². The van der Waals surface area contributed by atoms with Crippen molar-refractivity contribution in [2.75, 3.05) is 17.4 Å². The minimum atomic E-state index is -4.14. The Balaban J connectivity index is 1.82. The number of nitrogens with one attached hydrogen (secondary N) is 1. The Morgan fingerprint density at radius 1 is 0.750 bits per heavy atom. The zero-order chi connectivity index (χ0) is 31.9. The first-order valence-electron chi connectivity index (χ1n) is 14.8. The summed E-state index contributed by atoms with van der Waals surface area (Å²) in [6.45, 7) is 9.52. The summed E-state index contributed by atoms with van der Waals surface area (Å²) >= 11 is 0.